The van der Waals surface area contributed by atoms with Crippen LogP contribution in [0.4, 0.5) is 0 Å². The van der Waals surface area contributed by atoms with Gasteiger partial charge in [0.2, 0.25) is 5.76 Å². The molecule has 37 heavy (non-hydrogen) atoms. The molecule has 3 aliphatic rings. The van der Waals surface area contributed by atoms with Crippen LogP contribution in [0.5, 0.6) is 0 Å². The van der Waals surface area contributed by atoms with Gasteiger partial charge in [0.15, 0.2) is 17.7 Å². The highest BCUT2D eigenvalue weighted by atomic mass is 28.4. The second kappa shape index (κ2) is 9.99. The lowest BCUT2D eigenvalue weighted by molar-refractivity contribution is -0.199. The summed E-state index contributed by atoms with van der Waals surface area (Å²) in [5.41, 5.74) is -1.13. The monoisotopic (exact) mass is 556 g/mol. The number of carbonyl (C=O) groups excluding carboxylic acids is 2. The molecule has 10 heteroatoms. The third-order valence-electron chi connectivity index (χ3n) is 9.28. The Balaban J connectivity index is 2.01. The predicted molar refractivity (Wildman–Crippen MR) is 145 cm³/mol. The number of hydrogen-bond donors (Lipinski definition) is 0. The third-order valence-corrected chi connectivity index (χ3v) is 17.9. The first-order valence-corrected chi connectivity index (χ1v) is 19.3. The average molecular weight is 557 g/mol. The summed E-state index contributed by atoms with van der Waals surface area (Å²) in [5, 5.41) is -0.216. The molecule has 1 saturated carbocycles. The molecule has 1 saturated heterocycles. The first-order chi connectivity index (χ1) is 16.8. The summed E-state index contributed by atoms with van der Waals surface area (Å²) in [6.07, 6.45) is 0.158. The van der Waals surface area contributed by atoms with Crippen LogP contribution in [0.2, 0.25) is 36.3 Å². The molecule has 0 amide bonds. The van der Waals surface area contributed by atoms with Crippen molar-refractivity contribution in [2.45, 2.75) is 109 Å². The van der Waals surface area contributed by atoms with Gasteiger partial charge in [0.05, 0.1) is 32.2 Å². The summed E-state index contributed by atoms with van der Waals surface area (Å²) < 4.78 is 36.7. The van der Waals surface area contributed by atoms with Crippen molar-refractivity contribution in [3.8, 4) is 0 Å². The van der Waals surface area contributed by atoms with Crippen LogP contribution in [0.1, 0.15) is 61.3 Å². The van der Waals surface area contributed by atoms with Crippen molar-refractivity contribution in [3.63, 3.8) is 0 Å². The number of hydrogen-bond acceptors (Lipinski definition) is 8. The van der Waals surface area contributed by atoms with Gasteiger partial charge in [0.25, 0.3) is 22.6 Å². The lowest BCUT2D eigenvalue weighted by atomic mass is 9.65. The van der Waals surface area contributed by atoms with E-state index in [2.05, 4.69) is 67.7 Å². The second-order valence-corrected chi connectivity index (χ2v) is 23.4. The second-order valence-electron chi connectivity index (χ2n) is 13.9. The fourth-order valence-corrected chi connectivity index (χ4v) is 6.85. The van der Waals surface area contributed by atoms with Gasteiger partial charge in [-0.25, -0.2) is 4.79 Å². The summed E-state index contributed by atoms with van der Waals surface area (Å²) >= 11 is 0. The van der Waals surface area contributed by atoms with Gasteiger partial charge < -0.3 is 27.8 Å². The van der Waals surface area contributed by atoms with Crippen molar-refractivity contribution < 1.29 is 37.4 Å². The molecule has 0 unspecified atom stereocenters. The van der Waals surface area contributed by atoms with Crippen molar-refractivity contribution in [1.29, 1.82) is 0 Å². The van der Waals surface area contributed by atoms with Gasteiger partial charge in [0, 0.05) is 0 Å². The summed E-state index contributed by atoms with van der Waals surface area (Å²) in [4.78, 5) is 26.9. The van der Waals surface area contributed by atoms with E-state index >= 15 is 0 Å². The Hall–Kier alpha value is -1.37. The molecule has 212 valence electrons. The van der Waals surface area contributed by atoms with E-state index in [4.69, 9.17) is 27.8 Å². The Bertz CT molecular complexity index is 924. The molecule has 0 N–H and O–H groups in total. The smallest absolute Gasteiger partial charge is 0.377 e. The van der Waals surface area contributed by atoms with Crippen LogP contribution in [-0.2, 0) is 37.4 Å². The van der Waals surface area contributed by atoms with Crippen LogP contribution in [0.25, 0.3) is 0 Å². The quantitative estimate of drug-likeness (QED) is 0.302. The predicted octanol–water partition coefficient (Wildman–Crippen LogP) is 5.75. The van der Waals surface area contributed by atoms with Crippen LogP contribution < -0.4 is 0 Å². The Morgan fingerprint density at radius 3 is 2.00 bits per heavy atom. The lowest BCUT2D eigenvalue weighted by Crippen LogP contribution is -2.55. The van der Waals surface area contributed by atoms with Gasteiger partial charge in [0.1, 0.15) is 0 Å². The van der Waals surface area contributed by atoms with Gasteiger partial charge in [-0.05, 0) is 55.0 Å². The zero-order chi connectivity index (χ0) is 28.2. The molecule has 0 aromatic carbocycles. The molecule has 0 bridgehead atoms. The summed E-state index contributed by atoms with van der Waals surface area (Å²) in [6.45, 7) is 23.9. The minimum atomic E-state index is -2.37. The number of esters is 1. The molecule has 1 aliphatic carbocycles. The minimum absolute atomic E-state index is 0.0954. The highest BCUT2D eigenvalue weighted by molar-refractivity contribution is 6.75. The minimum Gasteiger partial charge on any atom is -0.536 e. The van der Waals surface area contributed by atoms with Gasteiger partial charge in [-0.3, -0.25) is 4.79 Å². The summed E-state index contributed by atoms with van der Waals surface area (Å²) in [7, 11) is -3.13. The maximum Gasteiger partial charge on any atom is 0.377 e. The molecule has 3 rings (SSSR count). The van der Waals surface area contributed by atoms with Crippen molar-refractivity contribution in [3.05, 3.63) is 11.5 Å². The molecule has 0 aromatic rings. The fourth-order valence-electron chi connectivity index (χ4n) is 4.90. The van der Waals surface area contributed by atoms with Crippen LogP contribution in [0.3, 0.4) is 0 Å². The number of carbonyl (C=O) groups is 2. The first-order valence-electron chi connectivity index (χ1n) is 13.4. The Morgan fingerprint density at radius 1 is 0.973 bits per heavy atom. The molecule has 4 atom stereocenters. The van der Waals surface area contributed by atoms with E-state index in [9.17, 15) is 9.59 Å². The van der Waals surface area contributed by atoms with E-state index in [0.717, 1.165) is 0 Å². The van der Waals surface area contributed by atoms with Crippen LogP contribution >= 0.6 is 0 Å². The van der Waals surface area contributed by atoms with Crippen LogP contribution in [0.15, 0.2) is 11.5 Å². The molecule has 2 aliphatic heterocycles. The zero-order valence-electron chi connectivity index (χ0n) is 24.9. The average Bonchev–Trinajstić information content (AvgIpc) is 3.33. The summed E-state index contributed by atoms with van der Waals surface area (Å²) in [6, 6.07) is 0. The van der Waals surface area contributed by atoms with Crippen LogP contribution in [0, 0.1) is 17.8 Å². The largest absolute Gasteiger partial charge is 0.536 e. The van der Waals surface area contributed by atoms with Crippen LogP contribution in [-0.4, -0.2) is 60.8 Å². The maximum atomic E-state index is 13.6. The highest BCUT2D eigenvalue weighted by Gasteiger charge is 2.64. The van der Waals surface area contributed by atoms with Gasteiger partial charge in [-0.1, -0.05) is 48.5 Å². The van der Waals surface area contributed by atoms with E-state index < -0.39 is 40.4 Å². The van der Waals surface area contributed by atoms with Gasteiger partial charge in [-0.2, -0.15) is 0 Å². The van der Waals surface area contributed by atoms with Crippen molar-refractivity contribution in [1.82, 2.24) is 0 Å². The molecule has 0 aromatic heterocycles. The third kappa shape index (κ3) is 5.53. The molecule has 0 radical (unpaired) electrons. The Morgan fingerprint density at radius 2 is 1.51 bits per heavy atom. The Labute approximate surface area is 225 Å². The highest BCUT2D eigenvalue weighted by Crippen LogP contribution is 2.54. The van der Waals surface area contributed by atoms with E-state index in [1.54, 1.807) is 7.11 Å². The number of methoxy groups -OCH3 is 1. The van der Waals surface area contributed by atoms with E-state index in [1.165, 1.54) is 0 Å². The zero-order valence-corrected chi connectivity index (χ0v) is 26.9. The van der Waals surface area contributed by atoms with E-state index in [-0.39, 0.29) is 33.6 Å². The fraction of sp³-hybridized carbons (Fsp3) is 0.852. The standard InChI is InChI=1S/C27H48O8Si2/c1-17-16-27(21(30-8)20(23(29)33-27)34-36(9,10)25(2,3)4)19(24-31-13-14-32-24)15-18(17)22(28)35-37(11,12)26(5,6)7/h17-19,24H,13-16H2,1-12H3/t17-,18+,19+,27+/m1/s1. The molecule has 2 fully saturated rings. The van der Waals surface area contributed by atoms with Gasteiger partial charge >= 0.3 is 5.97 Å². The lowest BCUT2D eigenvalue weighted by Gasteiger charge is -2.47. The normalized spacial score (nSPS) is 30.1. The summed E-state index contributed by atoms with van der Waals surface area (Å²) in [5.74, 6) is -1.13. The van der Waals surface area contributed by atoms with E-state index in [1.807, 2.05) is 6.92 Å². The van der Waals surface area contributed by atoms with Gasteiger partial charge in [-0.15, -0.1) is 0 Å². The molecule has 2 heterocycles. The van der Waals surface area contributed by atoms with Crippen molar-refractivity contribution in [2.75, 3.05) is 20.3 Å². The molecule has 1 spiro atoms. The van der Waals surface area contributed by atoms with Crippen molar-refractivity contribution >= 4 is 28.6 Å². The number of rotatable bonds is 6. The first kappa shape index (κ1) is 30.2. The molecular formula is C27H48O8Si2. The SMILES string of the molecule is COC1=C(O[Si](C)(C)C(C)(C)C)C(=O)O[C@]12C[C@@H](C)[C@@H](C(=O)O[Si](C)(C)C(C)(C)C)C[C@H]2C1OCCO1. The molecular weight excluding hydrogens is 508 g/mol. The van der Waals surface area contributed by atoms with E-state index in [0.29, 0.717) is 31.8 Å². The maximum absolute atomic E-state index is 13.6. The molecule has 8 nitrogen and oxygen atoms in total. The number of ether oxygens (including phenoxy) is 4. The Kier molecular flexibility index (Phi) is 8.15. The topological polar surface area (TPSA) is 89.5 Å². The van der Waals surface area contributed by atoms with Crippen molar-refractivity contribution in [2.24, 2.45) is 17.8 Å².